The van der Waals surface area contributed by atoms with E-state index in [1.54, 1.807) is 13.3 Å². The normalized spacial score (nSPS) is 21.2. The second kappa shape index (κ2) is 9.47. The molecular formula is C21H30N4O3. The summed E-state index contributed by atoms with van der Waals surface area (Å²) < 4.78 is 16.3. The predicted octanol–water partition coefficient (Wildman–Crippen LogP) is 3.87. The molecule has 3 heterocycles. The van der Waals surface area contributed by atoms with Gasteiger partial charge in [-0.1, -0.05) is 24.4 Å². The van der Waals surface area contributed by atoms with Gasteiger partial charge in [0.2, 0.25) is 17.6 Å². The van der Waals surface area contributed by atoms with Crippen LogP contribution in [-0.2, 0) is 4.74 Å². The van der Waals surface area contributed by atoms with E-state index in [9.17, 15) is 0 Å². The highest BCUT2D eigenvalue weighted by atomic mass is 16.5. The summed E-state index contributed by atoms with van der Waals surface area (Å²) in [5.74, 6) is 2.70. The van der Waals surface area contributed by atoms with Crippen molar-refractivity contribution in [2.75, 3.05) is 33.4 Å². The van der Waals surface area contributed by atoms with E-state index in [4.69, 9.17) is 19.0 Å². The fourth-order valence-electron chi connectivity index (χ4n) is 4.37. The molecule has 2 fully saturated rings. The van der Waals surface area contributed by atoms with E-state index < -0.39 is 0 Å². The fraction of sp³-hybridized carbons (Fsp3) is 0.667. The van der Waals surface area contributed by atoms with Crippen molar-refractivity contribution in [3.8, 4) is 17.3 Å². The quantitative estimate of drug-likeness (QED) is 0.638. The molecule has 1 atom stereocenters. The Balaban J connectivity index is 1.42. The molecule has 0 bridgehead atoms. The maximum absolute atomic E-state index is 5.68. The van der Waals surface area contributed by atoms with Gasteiger partial charge in [0.1, 0.15) is 6.61 Å². The molecule has 2 aromatic heterocycles. The summed E-state index contributed by atoms with van der Waals surface area (Å²) in [5.41, 5.74) is 0.856. The van der Waals surface area contributed by atoms with Gasteiger partial charge in [0.25, 0.3) is 0 Å². The van der Waals surface area contributed by atoms with E-state index in [-0.39, 0.29) is 6.04 Å². The molecule has 0 amide bonds. The molecule has 1 aliphatic carbocycles. The second-order valence-corrected chi connectivity index (χ2v) is 7.84. The molecule has 0 spiro atoms. The smallest absolute Gasteiger partial charge is 0.244 e. The van der Waals surface area contributed by atoms with Crippen LogP contribution in [0, 0.1) is 5.92 Å². The van der Waals surface area contributed by atoms with Gasteiger partial charge in [-0.15, -0.1) is 0 Å². The molecule has 0 unspecified atom stereocenters. The minimum atomic E-state index is 0.252. The van der Waals surface area contributed by atoms with Gasteiger partial charge in [0.15, 0.2) is 0 Å². The van der Waals surface area contributed by atoms with Crippen LogP contribution in [0.3, 0.4) is 0 Å². The summed E-state index contributed by atoms with van der Waals surface area (Å²) in [6.45, 7) is 3.28. The standard InChI is InChI=1S/C21H30N4O3/c1-26-12-13-27-19-14-17(9-10-22-19)20-23-21(28-24-20)18-8-5-11-25(18)15-16-6-3-2-4-7-16/h9-10,14,16,18H,2-8,11-13,15H2,1H3/t18-/m1/s1. The Bertz CT molecular complexity index is 745. The van der Waals surface area contributed by atoms with Crippen molar-refractivity contribution in [1.29, 1.82) is 0 Å². The Morgan fingerprint density at radius 2 is 2.04 bits per heavy atom. The minimum Gasteiger partial charge on any atom is -0.475 e. The highest BCUT2D eigenvalue weighted by molar-refractivity contribution is 5.55. The summed E-state index contributed by atoms with van der Waals surface area (Å²) >= 11 is 0. The Hall–Kier alpha value is -1.99. The average Bonchev–Trinajstić information content (AvgIpc) is 3.39. The Morgan fingerprint density at radius 3 is 2.89 bits per heavy atom. The van der Waals surface area contributed by atoms with E-state index in [0.29, 0.717) is 24.9 Å². The molecule has 2 aromatic rings. The molecule has 28 heavy (non-hydrogen) atoms. The average molecular weight is 386 g/mol. The third kappa shape index (κ3) is 4.70. The first-order valence-electron chi connectivity index (χ1n) is 10.5. The predicted molar refractivity (Wildman–Crippen MR) is 105 cm³/mol. The zero-order valence-electron chi connectivity index (χ0n) is 16.7. The lowest BCUT2D eigenvalue weighted by Gasteiger charge is -2.29. The van der Waals surface area contributed by atoms with Gasteiger partial charge in [0, 0.05) is 31.5 Å². The van der Waals surface area contributed by atoms with Crippen molar-refractivity contribution in [1.82, 2.24) is 20.0 Å². The van der Waals surface area contributed by atoms with E-state index >= 15 is 0 Å². The van der Waals surface area contributed by atoms with Crippen molar-refractivity contribution in [3.05, 3.63) is 24.2 Å². The van der Waals surface area contributed by atoms with E-state index in [1.165, 1.54) is 38.5 Å². The molecule has 1 aliphatic heterocycles. The van der Waals surface area contributed by atoms with Gasteiger partial charge in [-0.3, -0.25) is 4.90 Å². The third-order valence-electron chi connectivity index (χ3n) is 5.84. The monoisotopic (exact) mass is 386 g/mol. The van der Waals surface area contributed by atoms with Crippen LogP contribution in [0.25, 0.3) is 11.4 Å². The Kier molecular flexibility index (Phi) is 6.54. The molecule has 1 saturated carbocycles. The van der Waals surface area contributed by atoms with Crippen LogP contribution in [0.2, 0.25) is 0 Å². The largest absolute Gasteiger partial charge is 0.475 e. The number of likely N-dealkylation sites (tertiary alicyclic amines) is 1. The van der Waals surface area contributed by atoms with Crippen molar-refractivity contribution in [2.24, 2.45) is 5.92 Å². The van der Waals surface area contributed by atoms with E-state index in [2.05, 4.69) is 15.0 Å². The van der Waals surface area contributed by atoms with Crippen molar-refractivity contribution in [2.45, 2.75) is 51.0 Å². The minimum absolute atomic E-state index is 0.252. The maximum Gasteiger partial charge on any atom is 0.244 e. The van der Waals surface area contributed by atoms with Crippen molar-refractivity contribution >= 4 is 0 Å². The molecular weight excluding hydrogens is 356 g/mol. The lowest BCUT2D eigenvalue weighted by atomic mass is 9.89. The lowest BCUT2D eigenvalue weighted by Crippen LogP contribution is -2.30. The molecule has 2 aliphatic rings. The molecule has 0 aromatic carbocycles. The third-order valence-corrected chi connectivity index (χ3v) is 5.84. The van der Waals surface area contributed by atoms with Crippen molar-refractivity contribution in [3.63, 3.8) is 0 Å². The van der Waals surface area contributed by atoms with Crippen LogP contribution in [-0.4, -0.2) is 53.4 Å². The number of hydrogen-bond acceptors (Lipinski definition) is 7. The van der Waals surface area contributed by atoms with Gasteiger partial charge >= 0.3 is 0 Å². The maximum atomic E-state index is 5.68. The number of rotatable bonds is 8. The fourth-order valence-corrected chi connectivity index (χ4v) is 4.37. The van der Waals surface area contributed by atoms with Crippen LogP contribution in [0.15, 0.2) is 22.9 Å². The van der Waals surface area contributed by atoms with Gasteiger partial charge in [-0.2, -0.15) is 4.98 Å². The van der Waals surface area contributed by atoms with Gasteiger partial charge in [0.05, 0.1) is 12.6 Å². The molecule has 7 heteroatoms. The molecule has 152 valence electrons. The van der Waals surface area contributed by atoms with Gasteiger partial charge in [-0.25, -0.2) is 4.98 Å². The Morgan fingerprint density at radius 1 is 1.14 bits per heavy atom. The van der Waals surface area contributed by atoms with Crippen molar-refractivity contribution < 1.29 is 14.0 Å². The summed E-state index contributed by atoms with van der Waals surface area (Å²) in [6.07, 6.45) is 10.9. The number of ether oxygens (including phenoxy) is 2. The molecule has 0 N–H and O–H groups in total. The summed E-state index contributed by atoms with van der Waals surface area (Å²) in [5, 5.41) is 4.23. The van der Waals surface area contributed by atoms with Gasteiger partial charge < -0.3 is 14.0 Å². The highest BCUT2D eigenvalue weighted by Crippen LogP contribution is 2.35. The number of methoxy groups -OCH3 is 1. The van der Waals surface area contributed by atoms with Crippen LogP contribution in [0.4, 0.5) is 0 Å². The number of nitrogens with zero attached hydrogens (tertiary/aromatic N) is 4. The summed E-state index contributed by atoms with van der Waals surface area (Å²) in [7, 11) is 1.65. The molecule has 4 rings (SSSR count). The number of aromatic nitrogens is 3. The molecule has 1 saturated heterocycles. The van der Waals surface area contributed by atoms with Crippen LogP contribution < -0.4 is 4.74 Å². The second-order valence-electron chi connectivity index (χ2n) is 7.84. The number of hydrogen-bond donors (Lipinski definition) is 0. The first kappa shape index (κ1) is 19.3. The zero-order valence-corrected chi connectivity index (χ0v) is 16.7. The van der Waals surface area contributed by atoms with E-state index in [0.717, 1.165) is 36.9 Å². The first-order chi connectivity index (χ1) is 13.8. The van der Waals surface area contributed by atoms with Crippen LogP contribution in [0.5, 0.6) is 5.88 Å². The van der Waals surface area contributed by atoms with Crippen LogP contribution >= 0.6 is 0 Å². The SMILES string of the molecule is COCCOc1cc(-c2noc([C@H]3CCCN3CC3CCCCC3)n2)ccn1. The van der Waals surface area contributed by atoms with Gasteiger partial charge in [-0.05, 0) is 44.2 Å². The summed E-state index contributed by atoms with van der Waals surface area (Å²) in [6, 6.07) is 3.98. The zero-order chi connectivity index (χ0) is 19.2. The first-order valence-corrected chi connectivity index (χ1v) is 10.5. The number of pyridine rings is 1. The van der Waals surface area contributed by atoms with E-state index in [1.807, 2.05) is 12.1 Å². The molecule has 0 radical (unpaired) electrons. The topological polar surface area (TPSA) is 73.5 Å². The molecule has 7 nitrogen and oxygen atoms in total. The Labute approximate surface area is 166 Å². The highest BCUT2D eigenvalue weighted by Gasteiger charge is 2.32. The van der Waals surface area contributed by atoms with Crippen LogP contribution in [0.1, 0.15) is 56.9 Å². The summed E-state index contributed by atoms with van der Waals surface area (Å²) in [4.78, 5) is 11.5. The lowest BCUT2D eigenvalue weighted by molar-refractivity contribution is 0.144.